The molecule has 0 unspecified atom stereocenters. The average Bonchev–Trinajstić information content (AvgIpc) is 2.81. The smallest absolute Gasteiger partial charge is 0.419 e. The van der Waals surface area contributed by atoms with Crippen LogP contribution in [0, 0.1) is 6.92 Å². The van der Waals surface area contributed by atoms with Crippen LogP contribution >= 0.6 is 0 Å². The number of benzene rings is 3. The van der Waals surface area contributed by atoms with Crippen LogP contribution in [0.25, 0.3) is 10.8 Å². The molecule has 11 heteroatoms. The lowest BCUT2D eigenvalue weighted by Gasteiger charge is -2.15. The van der Waals surface area contributed by atoms with Crippen LogP contribution in [0.3, 0.4) is 0 Å². The lowest BCUT2D eigenvalue weighted by Crippen LogP contribution is -2.34. The summed E-state index contributed by atoms with van der Waals surface area (Å²) in [5.41, 5.74) is -0.515. The highest BCUT2D eigenvalue weighted by atomic mass is 32.2. The molecule has 4 rings (SSSR count). The summed E-state index contributed by atoms with van der Waals surface area (Å²) in [6.07, 6.45) is -3.48. The normalized spacial score (nSPS) is 11.8. The number of aromatic nitrogens is 1. The number of pyridine rings is 1. The molecule has 0 aliphatic heterocycles. The van der Waals surface area contributed by atoms with Gasteiger partial charge in [0, 0.05) is 11.9 Å². The number of halogens is 3. The van der Waals surface area contributed by atoms with Crippen molar-refractivity contribution < 1.29 is 31.1 Å². The summed E-state index contributed by atoms with van der Waals surface area (Å²) < 4.78 is 72.8. The summed E-state index contributed by atoms with van der Waals surface area (Å²) >= 11 is 0. The van der Waals surface area contributed by atoms with E-state index in [1.54, 1.807) is 19.1 Å². The molecule has 186 valence electrons. The fraction of sp³-hybridized carbons (Fsp3) is 0.120. The van der Waals surface area contributed by atoms with Gasteiger partial charge in [-0.3, -0.25) is 4.79 Å². The van der Waals surface area contributed by atoms with Gasteiger partial charge >= 0.3 is 6.18 Å². The van der Waals surface area contributed by atoms with E-state index in [4.69, 9.17) is 4.74 Å². The Hall–Kier alpha value is -4.12. The molecule has 7 nitrogen and oxygen atoms in total. The number of sulfonamides is 1. The molecule has 36 heavy (non-hydrogen) atoms. The van der Waals surface area contributed by atoms with Crippen LogP contribution in [0.15, 0.2) is 83.9 Å². The summed E-state index contributed by atoms with van der Waals surface area (Å²) in [6, 6.07) is 18.6. The summed E-state index contributed by atoms with van der Waals surface area (Å²) in [7, 11) is -4.34. The Morgan fingerprint density at radius 2 is 1.72 bits per heavy atom. The molecule has 0 bridgehead atoms. The third-order valence-electron chi connectivity index (χ3n) is 5.08. The van der Waals surface area contributed by atoms with Gasteiger partial charge in [-0.25, -0.2) is 18.1 Å². The molecule has 1 aromatic heterocycles. The molecular weight excluding hydrogens is 495 g/mol. The van der Waals surface area contributed by atoms with Crippen LogP contribution in [0.2, 0.25) is 0 Å². The minimum absolute atomic E-state index is 0.0550. The molecule has 0 fully saturated rings. The van der Waals surface area contributed by atoms with E-state index in [-0.39, 0.29) is 10.6 Å². The molecule has 0 saturated heterocycles. The summed E-state index contributed by atoms with van der Waals surface area (Å²) in [4.78, 5) is 15.7. The SMILES string of the molecule is Cc1cc(Nc2ncccc2C(F)(F)F)cc(S(=O)(=O)NC(=O)COc2ccc3ccccc3c2)c1. The van der Waals surface area contributed by atoms with E-state index in [0.29, 0.717) is 11.3 Å². The van der Waals surface area contributed by atoms with Crippen molar-refractivity contribution in [3.8, 4) is 5.75 Å². The molecule has 1 heterocycles. The number of ether oxygens (including phenoxy) is 1. The van der Waals surface area contributed by atoms with Crippen LogP contribution in [-0.2, 0) is 21.0 Å². The maximum absolute atomic E-state index is 13.3. The van der Waals surface area contributed by atoms with Crippen LogP contribution in [-0.4, -0.2) is 25.9 Å². The number of anilines is 2. The highest BCUT2D eigenvalue weighted by molar-refractivity contribution is 7.90. The Kier molecular flexibility index (Phi) is 6.84. The fourth-order valence-corrected chi connectivity index (χ4v) is 4.59. The summed E-state index contributed by atoms with van der Waals surface area (Å²) in [6.45, 7) is 1.01. The number of carbonyl (C=O) groups is 1. The molecule has 1 amide bonds. The standard InChI is InChI=1S/C25H20F3N3O4S/c1-16-11-19(30-24-22(25(26,27)28)7-4-10-29-24)14-21(12-16)36(33,34)31-23(32)15-35-20-9-8-17-5-2-3-6-18(17)13-20/h2-14H,15H2,1H3,(H,29,30)(H,31,32). The van der Waals surface area contributed by atoms with Crippen molar-refractivity contribution in [2.45, 2.75) is 18.0 Å². The highest BCUT2D eigenvalue weighted by Crippen LogP contribution is 2.35. The van der Waals surface area contributed by atoms with E-state index in [9.17, 15) is 26.4 Å². The summed E-state index contributed by atoms with van der Waals surface area (Å²) in [5.74, 6) is -1.01. The molecule has 0 spiro atoms. The van der Waals surface area contributed by atoms with Crippen molar-refractivity contribution in [1.82, 2.24) is 9.71 Å². The van der Waals surface area contributed by atoms with Gasteiger partial charge < -0.3 is 10.1 Å². The molecular formula is C25H20F3N3O4S. The van der Waals surface area contributed by atoms with E-state index in [2.05, 4.69) is 10.3 Å². The van der Waals surface area contributed by atoms with Crippen molar-refractivity contribution >= 4 is 38.2 Å². The molecule has 0 saturated carbocycles. The number of carbonyl (C=O) groups excluding carboxylic acids is 1. The van der Waals surface area contributed by atoms with Gasteiger partial charge in [0.25, 0.3) is 15.9 Å². The van der Waals surface area contributed by atoms with Gasteiger partial charge in [0.05, 0.1) is 10.5 Å². The molecule has 0 radical (unpaired) electrons. The number of nitrogens with one attached hydrogen (secondary N) is 2. The second-order valence-electron chi connectivity index (χ2n) is 7.88. The molecule has 2 N–H and O–H groups in total. The fourth-order valence-electron chi connectivity index (χ4n) is 3.49. The number of amides is 1. The van der Waals surface area contributed by atoms with Gasteiger partial charge in [-0.15, -0.1) is 0 Å². The monoisotopic (exact) mass is 515 g/mol. The Labute approximate surface area is 205 Å². The van der Waals surface area contributed by atoms with E-state index in [1.807, 2.05) is 35.1 Å². The zero-order valence-electron chi connectivity index (χ0n) is 18.8. The number of rotatable bonds is 7. The maximum Gasteiger partial charge on any atom is 0.419 e. The zero-order valence-corrected chi connectivity index (χ0v) is 19.7. The molecule has 3 aromatic carbocycles. The van der Waals surface area contributed by atoms with Crippen LogP contribution in [0.5, 0.6) is 5.75 Å². The Balaban J connectivity index is 1.48. The molecule has 0 atom stereocenters. The van der Waals surface area contributed by atoms with E-state index in [0.717, 1.165) is 29.0 Å². The van der Waals surface area contributed by atoms with E-state index in [1.165, 1.54) is 18.3 Å². The van der Waals surface area contributed by atoms with Gasteiger partial charge in [0.2, 0.25) is 0 Å². The largest absolute Gasteiger partial charge is 0.484 e. The lowest BCUT2D eigenvalue weighted by molar-refractivity contribution is -0.137. The zero-order chi connectivity index (χ0) is 25.9. The molecule has 0 aliphatic carbocycles. The minimum atomic E-state index is -4.66. The third kappa shape index (κ3) is 5.92. The first kappa shape index (κ1) is 25.0. The highest BCUT2D eigenvalue weighted by Gasteiger charge is 2.34. The number of hydrogen-bond donors (Lipinski definition) is 2. The van der Waals surface area contributed by atoms with Crippen molar-refractivity contribution in [1.29, 1.82) is 0 Å². The van der Waals surface area contributed by atoms with E-state index >= 15 is 0 Å². The average molecular weight is 516 g/mol. The van der Waals surface area contributed by atoms with Crippen molar-refractivity contribution in [2.75, 3.05) is 11.9 Å². The van der Waals surface area contributed by atoms with Crippen molar-refractivity contribution in [2.24, 2.45) is 0 Å². The number of hydrogen-bond acceptors (Lipinski definition) is 6. The van der Waals surface area contributed by atoms with Crippen LogP contribution in [0.4, 0.5) is 24.7 Å². The first-order valence-corrected chi connectivity index (χ1v) is 12.1. The summed E-state index contributed by atoms with van der Waals surface area (Å²) in [5, 5.41) is 4.39. The third-order valence-corrected chi connectivity index (χ3v) is 6.43. The van der Waals surface area contributed by atoms with Crippen LogP contribution in [0.1, 0.15) is 11.1 Å². The number of alkyl halides is 3. The number of nitrogens with zero attached hydrogens (tertiary/aromatic N) is 1. The quantitative estimate of drug-likeness (QED) is 0.352. The molecule has 4 aromatic rings. The van der Waals surface area contributed by atoms with Gasteiger partial charge in [-0.1, -0.05) is 30.3 Å². The van der Waals surface area contributed by atoms with Gasteiger partial charge in [-0.05, 0) is 65.7 Å². The van der Waals surface area contributed by atoms with Crippen molar-refractivity contribution in [3.63, 3.8) is 0 Å². The van der Waals surface area contributed by atoms with Crippen LogP contribution < -0.4 is 14.8 Å². The molecule has 0 aliphatic rings. The number of fused-ring (bicyclic) bond motifs is 1. The second-order valence-corrected chi connectivity index (χ2v) is 9.57. The second kappa shape index (κ2) is 9.86. The van der Waals surface area contributed by atoms with Crippen molar-refractivity contribution in [3.05, 3.63) is 90.1 Å². The predicted molar refractivity (Wildman–Crippen MR) is 128 cm³/mol. The topological polar surface area (TPSA) is 97.4 Å². The lowest BCUT2D eigenvalue weighted by atomic mass is 10.1. The van der Waals surface area contributed by atoms with Gasteiger partial charge in [0.15, 0.2) is 6.61 Å². The Bertz CT molecular complexity index is 1540. The Morgan fingerprint density at radius 3 is 2.47 bits per heavy atom. The van der Waals surface area contributed by atoms with E-state index < -0.39 is 40.1 Å². The number of aryl methyl sites for hydroxylation is 1. The minimum Gasteiger partial charge on any atom is -0.484 e. The maximum atomic E-state index is 13.3. The predicted octanol–water partition coefficient (Wildman–Crippen LogP) is 5.19. The first-order chi connectivity index (χ1) is 17.0. The Morgan fingerprint density at radius 1 is 0.972 bits per heavy atom. The first-order valence-electron chi connectivity index (χ1n) is 10.6. The van der Waals surface area contributed by atoms with Gasteiger partial charge in [0.1, 0.15) is 11.6 Å². The van der Waals surface area contributed by atoms with Gasteiger partial charge in [-0.2, -0.15) is 13.2 Å².